The summed E-state index contributed by atoms with van der Waals surface area (Å²) >= 11 is 0. The van der Waals surface area contributed by atoms with Crippen molar-refractivity contribution in [3.8, 4) is 0 Å². The van der Waals surface area contributed by atoms with Gasteiger partial charge in [0.2, 0.25) is 0 Å². The minimum atomic E-state index is -1.83. The minimum absolute atomic E-state index is 0.0673. The molecule has 6 nitrogen and oxygen atoms in total. The molecule has 0 unspecified atom stereocenters. The molecule has 0 rings (SSSR count). The number of aliphatic hydroxyl groups is 4. The lowest BCUT2D eigenvalue weighted by Gasteiger charge is -2.19. The number of carbonyl (C=O) groups is 1. The van der Waals surface area contributed by atoms with Gasteiger partial charge in [-0.3, -0.25) is 0 Å². The summed E-state index contributed by atoms with van der Waals surface area (Å²) in [6.07, 6.45) is -5.12. The smallest absolute Gasteiger partial charge is 0.337 e. The molecule has 0 aliphatic carbocycles. The number of hydrogen-bond acceptors (Lipinski definition) is 6. The van der Waals surface area contributed by atoms with E-state index in [9.17, 15) is 4.79 Å². The van der Waals surface area contributed by atoms with Gasteiger partial charge in [-0.25, -0.2) is 4.79 Å². The van der Waals surface area contributed by atoms with E-state index < -0.39 is 30.9 Å². The zero-order valence-electron chi connectivity index (χ0n) is 7.25. The first-order valence-electron chi connectivity index (χ1n) is 3.86. The monoisotopic (exact) mass is 194 g/mol. The zero-order valence-corrected chi connectivity index (χ0v) is 7.25. The van der Waals surface area contributed by atoms with E-state index in [1.807, 2.05) is 0 Å². The van der Waals surface area contributed by atoms with Crippen LogP contribution in [-0.2, 0) is 9.53 Å². The van der Waals surface area contributed by atoms with Gasteiger partial charge in [0, 0.05) is 0 Å². The Morgan fingerprint density at radius 3 is 2.31 bits per heavy atom. The highest BCUT2D eigenvalue weighted by molar-refractivity contribution is 5.75. The van der Waals surface area contributed by atoms with Gasteiger partial charge in [-0.2, -0.15) is 0 Å². The third-order valence-electron chi connectivity index (χ3n) is 1.43. The van der Waals surface area contributed by atoms with Crippen molar-refractivity contribution < 1.29 is 30.0 Å². The average molecular weight is 194 g/mol. The molecule has 3 atom stereocenters. The first-order chi connectivity index (χ1) is 6.04. The molecule has 4 N–H and O–H groups in total. The van der Waals surface area contributed by atoms with Gasteiger partial charge in [-0.1, -0.05) is 0 Å². The Morgan fingerprint density at radius 2 is 1.92 bits per heavy atom. The Balaban J connectivity index is 4.07. The predicted octanol–water partition coefficient (Wildman–Crippen LogP) is -2.38. The van der Waals surface area contributed by atoms with Gasteiger partial charge in [-0.15, -0.1) is 0 Å². The van der Waals surface area contributed by atoms with E-state index in [2.05, 4.69) is 4.74 Å². The van der Waals surface area contributed by atoms with Crippen molar-refractivity contribution in [1.82, 2.24) is 0 Å². The summed E-state index contributed by atoms with van der Waals surface area (Å²) in [5, 5.41) is 35.3. The summed E-state index contributed by atoms with van der Waals surface area (Å²) < 4.78 is 4.38. The highest BCUT2D eigenvalue weighted by atomic mass is 16.5. The first-order valence-corrected chi connectivity index (χ1v) is 3.86. The normalized spacial score (nSPS) is 17.6. The lowest BCUT2D eigenvalue weighted by Crippen LogP contribution is -2.44. The Morgan fingerprint density at radius 1 is 1.38 bits per heavy atom. The maximum atomic E-state index is 10.8. The fourth-order valence-corrected chi connectivity index (χ4v) is 0.685. The van der Waals surface area contributed by atoms with Crippen LogP contribution in [0.5, 0.6) is 0 Å². The van der Waals surface area contributed by atoms with E-state index in [1.165, 1.54) is 0 Å². The molecule has 0 aromatic rings. The highest BCUT2D eigenvalue weighted by Gasteiger charge is 2.30. The Bertz CT molecular complexity index is 159. The lowest BCUT2D eigenvalue weighted by atomic mass is 10.1. The van der Waals surface area contributed by atoms with E-state index in [4.69, 9.17) is 20.4 Å². The van der Waals surface area contributed by atoms with Crippen molar-refractivity contribution in [3.05, 3.63) is 0 Å². The average Bonchev–Trinajstić information content (AvgIpc) is 2.14. The van der Waals surface area contributed by atoms with Gasteiger partial charge in [0.15, 0.2) is 6.10 Å². The van der Waals surface area contributed by atoms with Crippen LogP contribution in [0.1, 0.15) is 6.92 Å². The maximum Gasteiger partial charge on any atom is 0.337 e. The second kappa shape index (κ2) is 5.87. The molecule has 0 spiro atoms. The van der Waals surface area contributed by atoms with Crippen molar-refractivity contribution in [2.75, 3.05) is 13.2 Å². The topological polar surface area (TPSA) is 107 Å². The second-order valence-electron chi connectivity index (χ2n) is 2.44. The molecule has 0 fully saturated rings. The van der Waals surface area contributed by atoms with E-state index >= 15 is 0 Å². The van der Waals surface area contributed by atoms with Crippen LogP contribution in [0.25, 0.3) is 0 Å². The van der Waals surface area contributed by atoms with Gasteiger partial charge >= 0.3 is 5.97 Å². The largest absolute Gasteiger partial charge is 0.464 e. The third kappa shape index (κ3) is 3.69. The number of aliphatic hydroxyl groups excluding tert-OH is 4. The Hall–Kier alpha value is -0.690. The zero-order chi connectivity index (χ0) is 10.4. The first kappa shape index (κ1) is 12.3. The molecule has 0 aromatic carbocycles. The summed E-state index contributed by atoms with van der Waals surface area (Å²) in [7, 11) is 0. The third-order valence-corrected chi connectivity index (χ3v) is 1.43. The molecular weight excluding hydrogens is 180 g/mol. The molecule has 78 valence electrons. The maximum absolute atomic E-state index is 10.8. The van der Waals surface area contributed by atoms with Crippen molar-refractivity contribution in [1.29, 1.82) is 0 Å². The SMILES string of the molecule is CCOC(=O)[C@@H](O)[C@@H](O)[C@H](O)CO. The number of esters is 1. The van der Waals surface area contributed by atoms with Gasteiger partial charge in [0.05, 0.1) is 13.2 Å². The van der Waals surface area contributed by atoms with Gasteiger partial charge in [0.1, 0.15) is 12.2 Å². The van der Waals surface area contributed by atoms with Crippen LogP contribution in [0.4, 0.5) is 0 Å². The van der Waals surface area contributed by atoms with Gasteiger partial charge in [-0.05, 0) is 6.92 Å². The fraction of sp³-hybridized carbons (Fsp3) is 0.857. The molecule has 0 saturated heterocycles. The molecule has 6 heteroatoms. The number of hydrogen-bond donors (Lipinski definition) is 4. The standard InChI is InChI=1S/C7H14O6/c1-2-13-7(12)6(11)5(10)4(9)3-8/h4-6,8-11H,2-3H2,1H3/t4-,5+,6+/m1/s1. The van der Waals surface area contributed by atoms with Gasteiger partial charge in [0.25, 0.3) is 0 Å². The summed E-state index contributed by atoms with van der Waals surface area (Å²) in [4.78, 5) is 10.8. The van der Waals surface area contributed by atoms with Crippen molar-refractivity contribution in [2.24, 2.45) is 0 Å². The Labute approximate surface area is 75.4 Å². The highest BCUT2D eigenvalue weighted by Crippen LogP contribution is 2.01. The van der Waals surface area contributed by atoms with Gasteiger partial charge < -0.3 is 25.2 Å². The molecule has 0 radical (unpaired) electrons. The van der Waals surface area contributed by atoms with Crippen molar-refractivity contribution in [3.63, 3.8) is 0 Å². The molecular formula is C7H14O6. The van der Waals surface area contributed by atoms with Crippen LogP contribution in [0.2, 0.25) is 0 Å². The molecule has 0 heterocycles. The number of rotatable bonds is 5. The molecule has 0 saturated carbocycles. The molecule has 0 aromatic heterocycles. The van der Waals surface area contributed by atoms with Crippen LogP contribution in [0.3, 0.4) is 0 Å². The van der Waals surface area contributed by atoms with E-state index in [0.29, 0.717) is 0 Å². The van der Waals surface area contributed by atoms with E-state index in [-0.39, 0.29) is 6.61 Å². The predicted molar refractivity (Wildman–Crippen MR) is 41.7 cm³/mol. The van der Waals surface area contributed by atoms with Crippen LogP contribution in [0, 0.1) is 0 Å². The Kier molecular flexibility index (Phi) is 5.56. The quantitative estimate of drug-likeness (QED) is 0.364. The summed E-state index contributed by atoms with van der Waals surface area (Å²) in [5.74, 6) is -1.03. The fourth-order valence-electron chi connectivity index (χ4n) is 0.685. The molecule has 13 heavy (non-hydrogen) atoms. The number of carbonyl (C=O) groups excluding carboxylic acids is 1. The van der Waals surface area contributed by atoms with Crippen LogP contribution in [0.15, 0.2) is 0 Å². The van der Waals surface area contributed by atoms with Crippen molar-refractivity contribution in [2.45, 2.75) is 25.2 Å². The lowest BCUT2D eigenvalue weighted by molar-refractivity contribution is -0.165. The van der Waals surface area contributed by atoms with Crippen LogP contribution < -0.4 is 0 Å². The molecule has 0 bridgehead atoms. The summed E-state index contributed by atoms with van der Waals surface area (Å²) in [6.45, 7) is 0.870. The van der Waals surface area contributed by atoms with E-state index in [0.717, 1.165) is 0 Å². The summed E-state index contributed by atoms with van der Waals surface area (Å²) in [6, 6.07) is 0. The van der Waals surface area contributed by atoms with Crippen molar-refractivity contribution >= 4 is 5.97 Å². The molecule has 0 aliphatic rings. The minimum Gasteiger partial charge on any atom is -0.464 e. The molecule has 0 amide bonds. The number of ether oxygens (including phenoxy) is 1. The van der Waals surface area contributed by atoms with E-state index in [1.54, 1.807) is 6.92 Å². The van der Waals surface area contributed by atoms with Crippen LogP contribution in [-0.4, -0.2) is 57.9 Å². The molecule has 0 aliphatic heterocycles. The summed E-state index contributed by atoms with van der Waals surface area (Å²) in [5.41, 5.74) is 0. The second-order valence-corrected chi connectivity index (χ2v) is 2.44. The van der Waals surface area contributed by atoms with Crippen LogP contribution >= 0.6 is 0 Å².